The molecule has 0 saturated heterocycles. The molecule has 1 amide bonds. The Morgan fingerprint density at radius 3 is 1.97 bits per heavy atom. The minimum absolute atomic E-state index is 0.0575. The first kappa shape index (κ1) is 26.7. The molecule has 1 N–H and O–H groups in total. The van der Waals surface area contributed by atoms with Crippen LogP contribution >= 0.6 is 0 Å². The lowest BCUT2D eigenvalue weighted by Crippen LogP contribution is -2.40. The highest BCUT2D eigenvalue weighted by molar-refractivity contribution is 7.92. The molecule has 10 heteroatoms. The third kappa shape index (κ3) is 5.83. The van der Waals surface area contributed by atoms with Gasteiger partial charge < -0.3 is 24.3 Å². The third-order valence-corrected chi connectivity index (χ3v) is 7.27. The fourth-order valence-electron chi connectivity index (χ4n) is 3.67. The van der Waals surface area contributed by atoms with E-state index >= 15 is 0 Å². The Morgan fingerprint density at radius 1 is 0.833 bits per heavy atom. The normalized spacial score (nSPS) is 10.9. The Labute approximate surface area is 211 Å². The van der Waals surface area contributed by atoms with Gasteiger partial charge in [0.2, 0.25) is 11.7 Å². The number of anilines is 1. The molecular weight excluding hydrogens is 484 g/mol. The number of nitrogens with one attached hydrogen (secondary N) is 1. The van der Waals surface area contributed by atoms with Crippen LogP contribution < -0.4 is 28.6 Å². The summed E-state index contributed by atoms with van der Waals surface area (Å²) >= 11 is 0. The van der Waals surface area contributed by atoms with Gasteiger partial charge in [-0.25, -0.2) is 8.42 Å². The second kappa shape index (κ2) is 11.7. The molecule has 0 spiro atoms. The summed E-state index contributed by atoms with van der Waals surface area (Å²) in [4.78, 5) is 13.0. The van der Waals surface area contributed by atoms with Crippen LogP contribution in [-0.4, -0.2) is 49.3 Å². The van der Waals surface area contributed by atoms with Crippen molar-refractivity contribution in [2.75, 3.05) is 39.3 Å². The minimum atomic E-state index is -4.05. The van der Waals surface area contributed by atoms with E-state index in [0.29, 0.717) is 39.8 Å². The van der Waals surface area contributed by atoms with Gasteiger partial charge in [-0.05, 0) is 60.5 Å². The molecule has 36 heavy (non-hydrogen) atoms. The number of methoxy groups -OCH3 is 4. The van der Waals surface area contributed by atoms with Gasteiger partial charge in [-0.3, -0.25) is 9.10 Å². The first-order valence-corrected chi connectivity index (χ1v) is 12.5. The molecule has 0 saturated carbocycles. The maximum atomic E-state index is 13.6. The fourth-order valence-corrected chi connectivity index (χ4v) is 5.18. The van der Waals surface area contributed by atoms with Crippen molar-refractivity contribution in [3.8, 4) is 23.0 Å². The molecule has 0 aliphatic carbocycles. The van der Waals surface area contributed by atoms with Crippen molar-refractivity contribution in [3.63, 3.8) is 0 Å². The summed E-state index contributed by atoms with van der Waals surface area (Å²) in [6, 6.07) is 16.5. The summed E-state index contributed by atoms with van der Waals surface area (Å²) in [5.41, 5.74) is 1.73. The topological polar surface area (TPSA) is 103 Å². The van der Waals surface area contributed by atoms with E-state index in [1.165, 1.54) is 40.6 Å². The maximum Gasteiger partial charge on any atom is 0.264 e. The van der Waals surface area contributed by atoms with Gasteiger partial charge in [0.1, 0.15) is 12.3 Å². The van der Waals surface area contributed by atoms with Gasteiger partial charge in [0.05, 0.1) is 39.0 Å². The van der Waals surface area contributed by atoms with Crippen molar-refractivity contribution in [1.82, 2.24) is 5.32 Å². The predicted octanol–water partition coefficient (Wildman–Crippen LogP) is 3.54. The molecule has 3 aromatic carbocycles. The van der Waals surface area contributed by atoms with E-state index in [9.17, 15) is 13.2 Å². The summed E-state index contributed by atoms with van der Waals surface area (Å²) in [6.45, 7) is 1.47. The van der Waals surface area contributed by atoms with Crippen molar-refractivity contribution in [1.29, 1.82) is 0 Å². The van der Waals surface area contributed by atoms with Crippen molar-refractivity contribution < 1.29 is 32.2 Å². The largest absolute Gasteiger partial charge is 0.496 e. The maximum absolute atomic E-state index is 13.6. The Kier molecular flexibility index (Phi) is 8.65. The van der Waals surface area contributed by atoms with Gasteiger partial charge in [0, 0.05) is 6.54 Å². The summed E-state index contributed by atoms with van der Waals surface area (Å²) in [7, 11) is 1.98. The average molecular weight is 515 g/mol. The van der Waals surface area contributed by atoms with Gasteiger partial charge in [-0.2, -0.15) is 0 Å². The molecule has 0 heterocycles. The van der Waals surface area contributed by atoms with Crippen molar-refractivity contribution >= 4 is 21.6 Å². The zero-order valence-corrected chi connectivity index (χ0v) is 21.7. The molecule has 0 aromatic heterocycles. The highest BCUT2D eigenvalue weighted by atomic mass is 32.2. The van der Waals surface area contributed by atoms with Gasteiger partial charge >= 0.3 is 0 Å². The lowest BCUT2D eigenvalue weighted by atomic mass is 10.1. The summed E-state index contributed by atoms with van der Waals surface area (Å²) in [5.74, 6) is 1.42. The highest BCUT2D eigenvalue weighted by Crippen LogP contribution is 2.38. The van der Waals surface area contributed by atoms with Crippen molar-refractivity contribution in [3.05, 3.63) is 71.8 Å². The number of aryl methyl sites for hydroxylation is 1. The first-order chi connectivity index (χ1) is 17.2. The Bertz CT molecular complexity index is 1290. The van der Waals surface area contributed by atoms with E-state index in [1.807, 2.05) is 0 Å². The number of amides is 1. The number of sulfonamides is 1. The molecular formula is C26H30N2O7S. The Morgan fingerprint density at radius 2 is 1.44 bits per heavy atom. The molecule has 0 aliphatic heterocycles. The molecule has 0 aliphatic rings. The number of para-hydroxylation sites is 1. The molecule has 3 rings (SSSR count). The van der Waals surface area contributed by atoms with E-state index in [-0.39, 0.29) is 11.4 Å². The third-order valence-electron chi connectivity index (χ3n) is 5.50. The summed E-state index contributed by atoms with van der Waals surface area (Å²) in [5, 5.41) is 2.78. The van der Waals surface area contributed by atoms with E-state index in [2.05, 4.69) is 5.32 Å². The molecule has 9 nitrogen and oxygen atoms in total. The number of nitrogens with zero attached hydrogens (tertiary/aromatic N) is 1. The summed E-state index contributed by atoms with van der Waals surface area (Å²) < 4.78 is 49.5. The lowest BCUT2D eigenvalue weighted by Gasteiger charge is -2.24. The van der Waals surface area contributed by atoms with Crippen LogP contribution in [-0.2, 0) is 21.4 Å². The SMILES string of the molecule is COc1ccc(S(=O)(=O)N(CC(=O)NCc2cc(OC)c(OC)c(OC)c2)c2ccccc2)cc1C. The number of hydrogen-bond donors (Lipinski definition) is 1. The Balaban J connectivity index is 1.86. The summed E-state index contributed by atoms with van der Waals surface area (Å²) in [6.07, 6.45) is 0. The minimum Gasteiger partial charge on any atom is -0.496 e. The van der Waals surface area contributed by atoms with Crippen LogP contribution in [0.5, 0.6) is 23.0 Å². The van der Waals surface area contributed by atoms with Crippen LogP contribution in [0.3, 0.4) is 0 Å². The molecule has 0 radical (unpaired) electrons. The molecule has 192 valence electrons. The van der Waals surface area contributed by atoms with Crippen LogP contribution in [0.4, 0.5) is 5.69 Å². The predicted molar refractivity (Wildman–Crippen MR) is 137 cm³/mol. The Hall–Kier alpha value is -3.92. The quantitative estimate of drug-likeness (QED) is 0.417. The van der Waals surface area contributed by atoms with E-state index in [0.717, 1.165) is 4.31 Å². The number of carbonyl (C=O) groups is 1. The zero-order chi connectivity index (χ0) is 26.3. The van der Waals surface area contributed by atoms with E-state index in [4.69, 9.17) is 18.9 Å². The highest BCUT2D eigenvalue weighted by Gasteiger charge is 2.27. The first-order valence-electron chi connectivity index (χ1n) is 11.0. The van der Waals surface area contributed by atoms with Gasteiger partial charge in [-0.15, -0.1) is 0 Å². The number of ether oxygens (including phenoxy) is 4. The number of hydrogen-bond acceptors (Lipinski definition) is 7. The van der Waals surface area contributed by atoms with Crippen molar-refractivity contribution in [2.24, 2.45) is 0 Å². The molecule has 0 atom stereocenters. The van der Waals surface area contributed by atoms with Crippen LogP contribution in [0, 0.1) is 6.92 Å². The van der Waals surface area contributed by atoms with Crippen molar-refractivity contribution in [2.45, 2.75) is 18.4 Å². The number of benzene rings is 3. The van der Waals surface area contributed by atoms with E-state index in [1.54, 1.807) is 55.5 Å². The van der Waals surface area contributed by atoms with Crippen LogP contribution in [0.15, 0.2) is 65.6 Å². The average Bonchev–Trinajstić information content (AvgIpc) is 2.90. The van der Waals surface area contributed by atoms with E-state index < -0.39 is 22.5 Å². The van der Waals surface area contributed by atoms with Crippen LogP contribution in [0.2, 0.25) is 0 Å². The second-order valence-electron chi connectivity index (χ2n) is 7.79. The molecule has 3 aromatic rings. The second-order valence-corrected chi connectivity index (χ2v) is 9.65. The van der Waals surface area contributed by atoms with Gasteiger partial charge in [0.25, 0.3) is 10.0 Å². The number of carbonyl (C=O) groups excluding carboxylic acids is 1. The molecule has 0 fully saturated rings. The number of rotatable bonds is 11. The van der Waals surface area contributed by atoms with Gasteiger partial charge in [-0.1, -0.05) is 18.2 Å². The van der Waals surface area contributed by atoms with Gasteiger partial charge in [0.15, 0.2) is 11.5 Å². The molecule has 0 bridgehead atoms. The van der Waals surface area contributed by atoms with Crippen LogP contribution in [0.1, 0.15) is 11.1 Å². The van der Waals surface area contributed by atoms with Crippen LogP contribution in [0.25, 0.3) is 0 Å². The molecule has 0 unspecified atom stereocenters. The lowest BCUT2D eigenvalue weighted by molar-refractivity contribution is -0.119. The standard InChI is InChI=1S/C26H30N2O7S/c1-18-13-21(11-12-22(18)32-2)36(30,31)28(20-9-7-6-8-10-20)17-25(29)27-16-19-14-23(33-3)26(35-5)24(15-19)34-4/h6-15H,16-17H2,1-5H3,(H,27,29). The smallest absolute Gasteiger partial charge is 0.264 e. The zero-order valence-electron chi connectivity index (χ0n) is 20.9. The fraction of sp³-hybridized carbons (Fsp3) is 0.269. The monoisotopic (exact) mass is 514 g/mol.